The zero-order valence-electron chi connectivity index (χ0n) is 18.9. The standard InChI is InChI=1S/C24H23N7O2S/c1-17-6-3-8-20(12-17)31-18(2)28-29-24(31)34-16-22-27-21(15-33-22)23(32)30(11-5-9-25)14-19-7-4-10-26-13-19/h3-4,6-8,10,12-13,15H,5,11,14,16H2,1-2H3. The van der Waals surface area contributed by atoms with E-state index in [1.807, 2.05) is 48.7 Å². The molecule has 172 valence electrons. The lowest BCUT2D eigenvalue weighted by atomic mass is 10.2. The minimum absolute atomic E-state index is 0.203. The van der Waals surface area contributed by atoms with Gasteiger partial charge < -0.3 is 9.32 Å². The summed E-state index contributed by atoms with van der Waals surface area (Å²) >= 11 is 1.43. The van der Waals surface area contributed by atoms with Crippen molar-refractivity contribution in [1.82, 2.24) is 29.6 Å². The largest absolute Gasteiger partial charge is 0.447 e. The summed E-state index contributed by atoms with van der Waals surface area (Å²) in [6.07, 6.45) is 4.95. The SMILES string of the molecule is Cc1cccc(-n2c(C)nnc2SCc2nc(C(=O)N(CCC#N)Cc3cccnc3)co2)c1. The topological polar surface area (TPSA) is 114 Å². The molecule has 10 heteroatoms. The summed E-state index contributed by atoms with van der Waals surface area (Å²) in [7, 11) is 0. The van der Waals surface area contributed by atoms with Crippen LogP contribution in [0.2, 0.25) is 0 Å². The van der Waals surface area contributed by atoms with Gasteiger partial charge in [0.2, 0.25) is 5.89 Å². The van der Waals surface area contributed by atoms with Crippen molar-refractivity contribution < 1.29 is 9.21 Å². The second-order valence-corrected chi connectivity index (χ2v) is 8.56. The Morgan fingerprint density at radius 3 is 2.88 bits per heavy atom. The van der Waals surface area contributed by atoms with Crippen LogP contribution >= 0.6 is 11.8 Å². The molecule has 0 atom stereocenters. The number of carbonyl (C=O) groups excluding carboxylic acids is 1. The van der Waals surface area contributed by atoms with Crippen molar-refractivity contribution in [2.75, 3.05) is 6.54 Å². The molecule has 0 aliphatic carbocycles. The van der Waals surface area contributed by atoms with Crippen molar-refractivity contribution in [1.29, 1.82) is 5.26 Å². The summed E-state index contributed by atoms with van der Waals surface area (Å²) in [5.41, 5.74) is 3.20. The van der Waals surface area contributed by atoms with Crippen molar-refractivity contribution in [2.24, 2.45) is 0 Å². The molecule has 0 saturated carbocycles. The Hall–Kier alpha value is -3.97. The first-order valence-electron chi connectivity index (χ1n) is 10.7. The number of hydrogen-bond donors (Lipinski definition) is 0. The molecule has 4 rings (SSSR count). The number of oxazole rings is 1. The molecule has 3 aromatic heterocycles. The number of amides is 1. The minimum Gasteiger partial charge on any atom is -0.447 e. The fourth-order valence-corrected chi connectivity index (χ4v) is 4.26. The van der Waals surface area contributed by atoms with Gasteiger partial charge in [-0.1, -0.05) is 30.0 Å². The minimum atomic E-state index is -0.294. The lowest BCUT2D eigenvalue weighted by Gasteiger charge is -2.20. The number of aryl methyl sites for hydroxylation is 2. The fraction of sp³-hybridized carbons (Fsp3) is 0.250. The van der Waals surface area contributed by atoms with Crippen molar-refractivity contribution in [3.63, 3.8) is 0 Å². The molecule has 0 unspecified atom stereocenters. The van der Waals surface area contributed by atoms with Crippen LogP contribution in [-0.4, -0.2) is 42.1 Å². The Morgan fingerprint density at radius 1 is 1.24 bits per heavy atom. The predicted octanol–water partition coefficient (Wildman–Crippen LogP) is 4.12. The first-order chi connectivity index (χ1) is 16.5. The van der Waals surface area contributed by atoms with Gasteiger partial charge in [0, 0.05) is 31.2 Å². The van der Waals surface area contributed by atoms with Gasteiger partial charge in [0.05, 0.1) is 18.2 Å². The van der Waals surface area contributed by atoms with E-state index in [2.05, 4.69) is 32.3 Å². The Morgan fingerprint density at radius 2 is 2.12 bits per heavy atom. The van der Waals surface area contributed by atoms with Gasteiger partial charge in [-0.15, -0.1) is 10.2 Å². The summed E-state index contributed by atoms with van der Waals surface area (Å²) in [6, 6.07) is 13.9. The molecule has 0 aliphatic rings. The molecular weight excluding hydrogens is 450 g/mol. The molecule has 0 N–H and O–H groups in total. The van der Waals surface area contributed by atoms with Gasteiger partial charge in [-0.2, -0.15) is 5.26 Å². The molecule has 0 fully saturated rings. The Balaban J connectivity index is 1.46. The van der Waals surface area contributed by atoms with E-state index in [0.29, 0.717) is 29.9 Å². The summed E-state index contributed by atoms with van der Waals surface area (Å²) in [6.45, 7) is 4.57. The van der Waals surface area contributed by atoms with Crippen LogP contribution in [0.5, 0.6) is 0 Å². The van der Waals surface area contributed by atoms with Crippen molar-refractivity contribution in [3.05, 3.63) is 83.6 Å². The Bertz CT molecular complexity index is 1310. The molecule has 0 saturated heterocycles. The van der Waals surface area contributed by atoms with E-state index in [1.165, 1.54) is 18.0 Å². The molecule has 1 amide bonds. The lowest BCUT2D eigenvalue weighted by molar-refractivity contribution is 0.0740. The third-order valence-corrected chi connectivity index (χ3v) is 5.94. The average molecular weight is 474 g/mol. The van der Waals surface area contributed by atoms with E-state index in [-0.39, 0.29) is 18.0 Å². The normalized spacial score (nSPS) is 10.7. The third kappa shape index (κ3) is 5.50. The summed E-state index contributed by atoms with van der Waals surface area (Å²) in [5, 5.41) is 18.2. The van der Waals surface area contributed by atoms with Gasteiger partial charge in [-0.3, -0.25) is 14.3 Å². The maximum atomic E-state index is 13.1. The van der Waals surface area contributed by atoms with E-state index >= 15 is 0 Å². The Labute approximate surface area is 201 Å². The molecule has 0 spiro atoms. The van der Waals surface area contributed by atoms with Crippen molar-refractivity contribution in [3.8, 4) is 11.8 Å². The first-order valence-corrected chi connectivity index (χ1v) is 11.6. The van der Waals surface area contributed by atoms with Crippen LogP contribution in [0, 0.1) is 25.2 Å². The van der Waals surface area contributed by atoms with Crippen LogP contribution in [0.25, 0.3) is 5.69 Å². The van der Waals surface area contributed by atoms with Gasteiger partial charge in [0.25, 0.3) is 5.91 Å². The van der Waals surface area contributed by atoms with Crippen LogP contribution in [0.4, 0.5) is 0 Å². The highest BCUT2D eigenvalue weighted by atomic mass is 32.2. The summed E-state index contributed by atoms with van der Waals surface area (Å²) < 4.78 is 7.55. The molecule has 9 nitrogen and oxygen atoms in total. The Kier molecular flexibility index (Phi) is 7.34. The van der Waals surface area contributed by atoms with E-state index < -0.39 is 0 Å². The van der Waals surface area contributed by atoms with Gasteiger partial charge in [0.1, 0.15) is 12.1 Å². The van der Waals surface area contributed by atoms with E-state index in [4.69, 9.17) is 9.68 Å². The number of thioether (sulfide) groups is 1. The zero-order chi connectivity index (χ0) is 23.9. The maximum Gasteiger partial charge on any atom is 0.276 e. The van der Waals surface area contributed by atoms with Crippen molar-refractivity contribution >= 4 is 17.7 Å². The number of nitriles is 1. The van der Waals surface area contributed by atoms with E-state index in [9.17, 15) is 4.79 Å². The number of pyridine rings is 1. The molecule has 0 aliphatic heterocycles. The van der Waals surface area contributed by atoms with Crippen LogP contribution in [0.1, 0.15) is 39.8 Å². The molecule has 0 radical (unpaired) electrons. The number of benzene rings is 1. The third-order valence-electron chi connectivity index (χ3n) is 5.03. The van der Waals surface area contributed by atoms with Gasteiger partial charge in [-0.25, -0.2) is 4.98 Å². The average Bonchev–Trinajstić information content (AvgIpc) is 3.47. The fourth-order valence-electron chi connectivity index (χ4n) is 3.41. The maximum absolute atomic E-state index is 13.1. The molecule has 0 bridgehead atoms. The van der Waals surface area contributed by atoms with Crippen LogP contribution in [0.3, 0.4) is 0 Å². The second-order valence-electron chi connectivity index (χ2n) is 7.62. The quantitative estimate of drug-likeness (QED) is 0.334. The molecule has 3 heterocycles. The first kappa shape index (κ1) is 23.2. The number of nitrogens with zero attached hydrogens (tertiary/aromatic N) is 7. The number of hydrogen-bond acceptors (Lipinski definition) is 8. The van der Waals surface area contributed by atoms with Crippen LogP contribution in [-0.2, 0) is 12.3 Å². The number of aromatic nitrogens is 5. The highest BCUT2D eigenvalue weighted by Crippen LogP contribution is 2.25. The van der Waals surface area contributed by atoms with E-state index in [1.54, 1.807) is 17.3 Å². The highest BCUT2D eigenvalue weighted by molar-refractivity contribution is 7.98. The lowest BCUT2D eigenvalue weighted by Crippen LogP contribution is -2.31. The van der Waals surface area contributed by atoms with Gasteiger partial charge in [-0.05, 0) is 43.2 Å². The predicted molar refractivity (Wildman–Crippen MR) is 126 cm³/mol. The number of carbonyl (C=O) groups is 1. The van der Waals surface area contributed by atoms with Gasteiger partial charge >= 0.3 is 0 Å². The smallest absolute Gasteiger partial charge is 0.276 e. The highest BCUT2D eigenvalue weighted by Gasteiger charge is 2.21. The molecule has 34 heavy (non-hydrogen) atoms. The van der Waals surface area contributed by atoms with E-state index in [0.717, 1.165) is 22.6 Å². The molecule has 4 aromatic rings. The van der Waals surface area contributed by atoms with Crippen LogP contribution in [0.15, 0.2) is 64.6 Å². The summed E-state index contributed by atoms with van der Waals surface area (Å²) in [4.78, 5) is 23.1. The van der Waals surface area contributed by atoms with Gasteiger partial charge in [0.15, 0.2) is 10.9 Å². The second kappa shape index (κ2) is 10.8. The molecular formula is C24H23N7O2S. The van der Waals surface area contributed by atoms with Crippen molar-refractivity contribution in [2.45, 2.75) is 37.7 Å². The number of rotatable bonds is 9. The summed E-state index contributed by atoms with van der Waals surface area (Å²) in [5.74, 6) is 1.28. The zero-order valence-corrected chi connectivity index (χ0v) is 19.7. The monoisotopic (exact) mass is 473 g/mol. The molecule has 1 aromatic carbocycles. The van der Waals surface area contributed by atoms with Crippen LogP contribution < -0.4 is 0 Å².